The average Bonchev–Trinajstić information content (AvgIpc) is 2.42. The molecule has 0 radical (unpaired) electrons. The molecule has 0 bridgehead atoms. The van der Waals surface area contributed by atoms with Crippen LogP contribution in [0.5, 0.6) is 5.75 Å². The zero-order valence-electron chi connectivity index (χ0n) is 13.2. The van der Waals surface area contributed by atoms with Gasteiger partial charge in [-0.1, -0.05) is 32.9 Å². The predicted octanol–water partition coefficient (Wildman–Crippen LogP) is 3.53. The van der Waals surface area contributed by atoms with Gasteiger partial charge in [-0.25, -0.2) is 0 Å². The van der Waals surface area contributed by atoms with Crippen molar-refractivity contribution in [2.24, 2.45) is 5.92 Å². The van der Waals surface area contributed by atoms with Crippen LogP contribution in [0.15, 0.2) is 24.3 Å². The van der Waals surface area contributed by atoms with Crippen LogP contribution >= 0.6 is 0 Å². The van der Waals surface area contributed by atoms with Crippen LogP contribution in [0.2, 0.25) is 0 Å². The Morgan fingerprint density at radius 3 is 2.35 bits per heavy atom. The van der Waals surface area contributed by atoms with Crippen LogP contribution < -0.4 is 10.1 Å². The first-order valence-corrected chi connectivity index (χ1v) is 7.67. The normalized spacial score (nSPS) is 14.3. The molecule has 0 saturated carbocycles. The minimum atomic E-state index is -0.274. The van der Waals surface area contributed by atoms with Gasteiger partial charge in [-0.2, -0.15) is 0 Å². The van der Waals surface area contributed by atoms with Crippen LogP contribution in [-0.4, -0.2) is 24.4 Å². The van der Waals surface area contributed by atoms with Crippen molar-refractivity contribution in [2.75, 3.05) is 13.2 Å². The number of hydrogen-bond donors (Lipinski definition) is 2. The van der Waals surface area contributed by atoms with Gasteiger partial charge in [0.1, 0.15) is 5.75 Å². The molecule has 0 heterocycles. The lowest BCUT2D eigenvalue weighted by molar-refractivity contribution is 0.143. The Hall–Kier alpha value is -1.06. The summed E-state index contributed by atoms with van der Waals surface area (Å²) in [6.45, 7) is 9.86. The van der Waals surface area contributed by atoms with E-state index in [4.69, 9.17) is 4.74 Å². The molecule has 3 heteroatoms. The van der Waals surface area contributed by atoms with Gasteiger partial charge in [-0.05, 0) is 43.4 Å². The zero-order valence-corrected chi connectivity index (χ0v) is 13.2. The molecule has 0 spiro atoms. The van der Waals surface area contributed by atoms with Gasteiger partial charge in [0, 0.05) is 12.6 Å². The quantitative estimate of drug-likeness (QED) is 0.726. The summed E-state index contributed by atoms with van der Waals surface area (Å²) in [5, 5.41) is 13.2. The summed E-state index contributed by atoms with van der Waals surface area (Å²) in [6.07, 6.45) is 1.58. The van der Waals surface area contributed by atoms with Gasteiger partial charge in [0.25, 0.3) is 0 Å². The average molecular weight is 279 g/mol. The van der Waals surface area contributed by atoms with E-state index in [-0.39, 0.29) is 12.1 Å². The molecule has 1 rings (SSSR count). The highest BCUT2D eigenvalue weighted by atomic mass is 16.5. The number of hydrogen-bond acceptors (Lipinski definition) is 3. The second-order valence-corrected chi connectivity index (χ2v) is 5.83. The summed E-state index contributed by atoms with van der Waals surface area (Å²) in [4.78, 5) is 0. The van der Waals surface area contributed by atoms with Gasteiger partial charge >= 0.3 is 0 Å². The number of aliphatic hydroxyl groups excluding tert-OH is 1. The van der Waals surface area contributed by atoms with Crippen molar-refractivity contribution >= 4 is 0 Å². The summed E-state index contributed by atoms with van der Waals surface area (Å²) >= 11 is 0. The molecule has 1 aromatic rings. The first kappa shape index (κ1) is 17.0. The van der Waals surface area contributed by atoms with Crippen molar-refractivity contribution in [3.05, 3.63) is 29.8 Å². The molecule has 0 aromatic heterocycles. The molecule has 0 fully saturated rings. The fraction of sp³-hybridized carbons (Fsp3) is 0.647. The number of rotatable bonds is 9. The van der Waals surface area contributed by atoms with E-state index >= 15 is 0 Å². The number of aliphatic hydroxyl groups is 1. The third-order valence-electron chi connectivity index (χ3n) is 3.26. The van der Waals surface area contributed by atoms with Crippen LogP contribution in [0.25, 0.3) is 0 Å². The van der Waals surface area contributed by atoms with E-state index in [0.29, 0.717) is 12.5 Å². The number of benzene rings is 1. The smallest absolute Gasteiger partial charge is 0.119 e. The highest BCUT2D eigenvalue weighted by Gasteiger charge is 2.10. The molecule has 2 atom stereocenters. The molecule has 0 aliphatic heterocycles. The lowest BCUT2D eigenvalue weighted by atomic mass is 10.0. The Kier molecular flexibility index (Phi) is 7.63. The lowest BCUT2D eigenvalue weighted by Crippen LogP contribution is -2.29. The highest BCUT2D eigenvalue weighted by Crippen LogP contribution is 2.18. The maximum atomic E-state index is 9.87. The Morgan fingerprint density at radius 1 is 1.15 bits per heavy atom. The van der Waals surface area contributed by atoms with Crippen LogP contribution in [0.4, 0.5) is 0 Å². The van der Waals surface area contributed by atoms with E-state index < -0.39 is 0 Å². The van der Waals surface area contributed by atoms with E-state index in [9.17, 15) is 5.11 Å². The third kappa shape index (κ3) is 6.40. The summed E-state index contributed by atoms with van der Waals surface area (Å²) in [7, 11) is 0. The van der Waals surface area contributed by atoms with E-state index in [1.165, 1.54) is 5.56 Å². The third-order valence-corrected chi connectivity index (χ3v) is 3.26. The second-order valence-electron chi connectivity index (χ2n) is 5.83. The van der Waals surface area contributed by atoms with Crippen molar-refractivity contribution in [1.29, 1.82) is 0 Å². The molecule has 0 amide bonds. The van der Waals surface area contributed by atoms with Crippen molar-refractivity contribution < 1.29 is 9.84 Å². The lowest BCUT2D eigenvalue weighted by Gasteiger charge is -2.19. The first-order valence-electron chi connectivity index (χ1n) is 7.67. The van der Waals surface area contributed by atoms with Crippen LogP contribution in [0.3, 0.4) is 0 Å². The Morgan fingerprint density at radius 2 is 1.80 bits per heavy atom. The van der Waals surface area contributed by atoms with Gasteiger partial charge in [-0.3, -0.25) is 0 Å². The number of nitrogens with one attached hydrogen (secondary N) is 1. The fourth-order valence-corrected chi connectivity index (χ4v) is 2.13. The van der Waals surface area contributed by atoms with Gasteiger partial charge in [-0.15, -0.1) is 0 Å². The predicted molar refractivity (Wildman–Crippen MR) is 84.1 cm³/mol. The van der Waals surface area contributed by atoms with Crippen LogP contribution in [0.1, 0.15) is 52.1 Å². The van der Waals surface area contributed by atoms with Gasteiger partial charge in [0.2, 0.25) is 0 Å². The van der Waals surface area contributed by atoms with E-state index in [1.807, 2.05) is 12.1 Å². The van der Waals surface area contributed by atoms with Crippen molar-refractivity contribution in [1.82, 2.24) is 5.32 Å². The van der Waals surface area contributed by atoms with Gasteiger partial charge in [0.15, 0.2) is 0 Å². The van der Waals surface area contributed by atoms with E-state index in [2.05, 4.69) is 45.1 Å². The summed E-state index contributed by atoms with van der Waals surface area (Å²) in [5.74, 6) is 1.44. The van der Waals surface area contributed by atoms with Crippen molar-refractivity contribution in [3.63, 3.8) is 0 Å². The van der Waals surface area contributed by atoms with Gasteiger partial charge in [0.05, 0.1) is 12.7 Å². The van der Waals surface area contributed by atoms with Crippen LogP contribution in [0, 0.1) is 5.92 Å². The first-order chi connectivity index (χ1) is 9.52. The Balaban J connectivity index is 2.41. The molecule has 20 heavy (non-hydrogen) atoms. The Bertz CT molecular complexity index is 362. The summed E-state index contributed by atoms with van der Waals surface area (Å²) in [5.41, 5.74) is 1.21. The molecule has 0 aliphatic rings. The number of ether oxygens (including phenoxy) is 1. The van der Waals surface area contributed by atoms with E-state index in [0.717, 1.165) is 25.2 Å². The standard InChI is InChI=1S/C17H29NO2/c1-5-10-20-17-8-6-15(7-9-17)14(4)18-12-16(19)11-13(2)3/h6-9,13-14,16,18-19H,5,10-12H2,1-4H3. The molecule has 2 unspecified atom stereocenters. The SMILES string of the molecule is CCCOc1ccc(C(C)NCC(O)CC(C)C)cc1. The molecule has 1 aromatic carbocycles. The minimum Gasteiger partial charge on any atom is -0.494 e. The summed E-state index contributed by atoms with van der Waals surface area (Å²) < 4.78 is 5.57. The molecule has 0 saturated heterocycles. The maximum absolute atomic E-state index is 9.87. The van der Waals surface area contributed by atoms with Crippen molar-refractivity contribution in [3.8, 4) is 5.75 Å². The van der Waals surface area contributed by atoms with Crippen molar-refractivity contribution in [2.45, 2.75) is 52.7 Å². The Labute approximate surface area is 123 Å². The zero-order chi connectivity index (χ0) is 15.0. The largest absolute Gasteiger partial charge is 0.494 e. The van der Waals surface area contributed by atoms with E-state index in [1.54, 1.807) is 0 Å². The highest BCUT2D eigenvalue weighted by molar-refractivity contribution is 5.28. The van der Waals surface area contributed by atoms with Gasteiger partial charge < -0.3 is 15.2 Å². The minimum absolute atomic E-state index is 0.233. The summed E-state index contributed by atoms with van der Waals surface area (Å²) in [6, 6.07) is 8.41. The molecule has 114 valence electrons. The topological polar surface area (TPSA) is 41.5 Å². The second kappa shape index (κ2) is 8.98. The molecule has 3 nitrogen and oxygen atoms in total. The fourth-order valence-electron chi connectivity index (χ4n) is 2.13. The molecular weight excluding hydrogens is 250 g/mol. The van der Waals surface area contributed by atoms with Crippen LogP contribution in [-0.2, 0) is 0 Å². The maximum Gasteiger partial charge on any atom is 0.119 e. The molecular formula is C17H29NO2. The molecule has 2 N–H and O–H groups in total. The monoisotopic (exact) mass is 279 g/mol. The molecule has 0 aliphatic carbocycles.